The number of non-ortho nitro benzene ring substituents is 1. The molecule has 2 aromatic heterocycles. The van der Waals surface area contributed by atoms with E-state index in [1.165, 1.54) is 35.5 Å². The van der Waals surface area contributed by atoms with Crippen LogP contribution in [-0.2, 0) is 14.1 Å². The second-order valence-corrected chi connectivity index (χ2v) is 7.35. The van der Waals surface area contributed by atoms with Crippen molar-refractivity contribution in [3.05, 3.63) is 55.2 Å². The molecule has 0 atom stereocenters. The highest BCUT2D eigenvalue weighted by Gasteiger charge is 2.18. The molecule has 146 valence electrons. The van der Waals surface area contributed by atoms with E-state index in [4.69, 9.17) is 0 Å². The summed E-state index contributed by atoms with van der Waals surface area (Å²) in [6.45, 7) is 2.07. The van der Waals surface area contributed by atoms with Crippen LogP contribution in [0.1, 0.15) is 19.8 Å². The van der Waals surface area contributed by atoms with E-state index in [1.54, 1.807) is 19.2 Å². The molecule has 0 spiro atoms. The number of nitrogens with zero attached hydrogens (tertiary/aromatic N) is 5. The SMILES string of the molecule is CCCCSc1nc(-c2ccc([N+](=O)[O-])cc2)nc2c1c(=O)n(C)c(=O)n2C. The van der Waals surface area contributed by atoms with Crippen molar-refractivity contribution >= 4 is 28.5 Å². The van der Waals surface area contributed by atoms with Gasteiger partial charge in [-0.15, -0.1) is 11.8 Å². The third-order valence-corrected chi connectivity index (χ3v) is 5.40. The van der Waals surface area contributed by atoms with Gasteiger partial charge in [-0.1, -0.05) is 13.3 Å². The lowest BCUT2D eigenvalue weighted by Crippen LogP contribution is -2.37. The Morgan fingerprint density at radius 2 is 1.79 bits per heavy atom. The normalized spacial score (nSPS) is 11.1. The fraction of sp³-hybridized carbons (Fsp3) is 0.333. The van der Waals surface area contributed by atoms with Crippen LogP contribution in [0.15, 0.2) is 38.9 Å². The topological polar surface area (TPSA) is 113 Å². The molecule has 3 rings (SSSR count). The van der Waals surface area contributed by atoms with Gasteiger partial charge in [0, 0.05) is 31.8 Å². The molecule has 9 nitrogen and oxygen atoms in total. The van der Waals surface area contributed by atoms with Crippen molar-refractivity contribution in [2.24, 2.45) is 14.1 Å². The maximum atomic E-state index is 12.7. The van der Waals surface area contributed by atoms with Gasteiger partial charge in [0.2, 0.25) is 0 Å². The van der Waals surface area contributed by atoms with Crippen molar-refractivity contribution < 1.29 is 4.92 Å². The van der Waals surface area contributed by atoms with Gasteiger partial charge in [0.25, 0.3) is 11.2 Å². The lowest BCUT2D eigenvalue weighted by atomic mass is 10.2. The van der Waals surface area contributed by atoms with Gasteiger partial charge in [-0.05, 0) is 24.3 Å². The molecular weight excluding hydrogens is 382 g/mol. The van der Waals surface area contributed by atoms with Crippen molar-refractivity contribution in [1.82, 2.24) is 19.1 Å². The standard InChI is InChI=1S/C18H19N5O4S/c1-4-5-10-28-16-13-15(21(2)18(25)22(3)17(13)24)19-14(20-16)11-6-8-12(9-7-11)23(26)27/h6-9H,4-5,10H2,1-3H3. The molecule has 3 aromatic rings. The van der Waals surface area contributed by atoms with Crippen LogP contribution in [0.2, 0.25) is 0 Å². The van der Waals surface area contributed by atoms with E-state index in [9.17, 15) is 19.7 Å². The summed E-state index contributed by atoms with van der Waals surface area (Å²) in [5, 5.41) is 11.7. The highest BCUT2D eigenvalue weighted by Crippen LogP contribution is 2.27. The molecule has 0 saturated heterocycles. The minimum atomic E-state index is -0.482. The van der Waals surface area contributed by atoms with Crippen molar-refractivity contribution in [3.63, 3.8) is 0 Å². The number of unbranched alkanes of at least 4 members (excludes halogenated alkanes) is 1. The van der Waals surface area contributed by atoms with E-state index in [1.807, 2.05) is 0 Å². The van der Waals surface area contributed by atoms with Crippen molar-refractivity contribution in [2.75, 3.05) is 5.75 Å². The molecule has 28 heavy (non-hydrogen) atoms. The summed E-state index contributed by atoms with van der Waals surface area (Å²) < 4.78 is 2.36. The molecule has 0 aliphatic carbocycles. The van der Waals surface area contributed by atoms with Crippen LogP contribution >= 0.6 is 11.8 Å². The predicted molar refractivity (Wildman–Crippen MR) is 108 cm³/mol. The van der Waals surface area contributed by atoms with Gasteiger partial charge in [-0.2, -0.15) is 0 Å². The molecule has 0 aliphatic heterocycles. The highest BCUT2D eigenvalue weighted by molar-refractivity contribution is 7.99. The summed E-state index contributed by atoms with van der Waals surface area (Å²) in [7, 11) is 2.98. The van der Waals surface area contributed by atoms with E-state index >= 15 is 0 Å². The van der Waals surface area contributed by atoms with E-state index in [0.29, 0.717) is 21.8 Å². The van der Waals surface area contributed by atoms with Crippen LogP contribution in [-0.4, -0.2) is 29.8 Å². The zero-order chi connectivity index (χ0) is 20.4. The Hall–Kier alpha value is -3.01. The zero-order valence-electron chi connectivity index (χ0n) is 15.7. The van der Waals surface area contributed by atoms with Gasteiger partial charge in [0.15, 0.2) is 11.5 Å². The number of hydrogen-bond donors (Lipinski definition) is 0. The monoisotopic (exact) mass is 401 g/mol. The Morgan fingerprint density at radius 1 is 1.11 bits per heavy atom. The summed E-state index contributed by atoms with van der Waals surface area (Å²) in [5.41, 5.74) is -0.139. The van der Waals surface area contributed by atoms with Crippen LogP contribution in [0, 0.1) is 10.1 Å². The molecule has 0 unspecified atom stereocenters. The summed E-state index contributed by atoms with van der Waals surface area (Å²) in [5.74, 6) is 1.08. The molecule has 0 radical (unpaired) electrons. The summed E-state index contributed by atoms with van der Waals surface area (Å²) >= 11 is 1.44. The van der Waals surface area contributed by atoms with Crippen molar-refractivity contribution in [2.45, 2.75) is 24.8 Å². The average molecular weight is 401 g/mol. The maximum Gasteiger partial charge on any atom is 0.332 e. The first-order valence-electron chi connectivity index (χ1n) is 8.70. The third-order valence-electron chi connectivity index (χ3n) is 4.34. The summed E-state index contributed by atoms with van der Waals surface area (Å²) in [6.07, 6.45) is 1.96. The first-order chi connectivity index (χ1) is 13.3. The maximum absolute atomic E-state index is 12.7. The number of nitro groups is 1. The smallest absolute Gasteiger partial charge is 0.280 e. The van der Waals surface area contributed by atoms with Gasteiger partial charge in [-0.25, -0.2) is 14.8 Å². The molecule has 0 bridgehead atoms. The van der Waals surface area contributed by atoms with E-state index < -0.39 is 16.2 Å². The Morgan fingerprint density at radius 3 is 2.39 bits per heavy atom. The van der Waals surface area contributed by atoms with Gasteiger partial charge in [0.1, 0.15) is 10.4 Å². The molecule has 0 saturated carbocycles. The second-order valence-electron chi connectivity index (χ2n) is 6.26. The van der Waals surface area contributed by atoms with Crippen LogP contribution in [0.5, 0.6) is 0 Å². The number of aromatic nitrogens is 4. The van der Waals surface area contributed by atoms with Gasteiger partial charge in [0.05, 0.1) is 4.92 Å². The number of aryl methyl sites for hydroxylation is 1. The molecule has 0 N–H and O–H groups in total. The van der Waals surface area contributed by atoms with Crippen molar-refractivity contribution in [1.29, 1.82) is 0 Å². The predicted octanol–water partition coefficient (Wildman–Crippen LogP) is 2.49. The van der Waals surface area contributed by atoms with Gasteiger partial charge in [-0.3, -0.25) is 24.0 Å². The minimum absolute atomic E-state index is 0.0386. The third kappa shape index (κ3) is 3.55. The molecule has 10 heteroatoms. The number of benzene rings is 1. The Labute approximate surface area is 164 Å². The average Bonchev–Trinajstić information content (AvgIpc) is 2.70. The van der Waals surface area contributed by atoms with E-state index in [-0.39, 0.29) is 11.3 Å². The molecule has 1 aromatic carbocycles. The summed E-state index contributed by atoms with van der Waals surface area (Å²) in [6, 6.07) is 5.85. The first-order valence-corrected chi connectivity index (χ1v) is 9.69. The van der Waals surface area contributed by atoms with Gasteiger partial charge < -0.3 is 0 Å². The van der Waals surface area contributed by atoms with Gasteiger partial charge >= 0.3 is 5.69 Å². The Bertz CT molecular complexity index is 1170. The number of hydrogen-bond acceptors (Lipinski definition) is 7. The van der Waals surface area contributed by atoms with E-state index in [0.717, 1.165) is 23.2 Å². The summed E-state index contributed by atoms with van der Waals surface area (Å²) in [4.78, 5) is 44.4. The number of fused-ring (bicyclic) bond motifs is 1. The second kappa shape index (κ2) is 7.93. The molecule has 0 aliphatic rings. The lowest BCUT2D eigenvalue weighted by Gasteiger charge is -2.12. The largest absolute Gasteiger partial charge is 0.332 e. The lowest BCUT2D eigenvalue weighted by molar-refractivity contribution is -0.384. The van der Waals surface area contributed by atoms with E-state index in [2.05, 4.69) is 16.9 Å². The van der Waals surface area contributed by atoms with Crippen LogP contribution in [0.3, 0.4) is 0 Å². The fourth-order valence-electron chi connectivity index (χ4n) is 2.71. The number of rotatable bonds is 6. The quantitative estimate of drug-likeness (QED) is 0.205. The number of nitro benzene ring substituents is 1. The highest BCUT2D eigenvalue weighted by atomic mass is 32.2. The first kappa shape index (κ1) is 19.7. The Balaban J connectivity index is 2.26. The Kier molecular flexibility index (Phi) is 5.59. The molecular formula is C18H19N5O4S. The van der Waals surface area contributed by atoms with Crippen molar-refractivity contribution in [3.8, 4) is 11.4 Å². The minimum Gasteiger partial charge on any atom is -0.280 e. The molecule has 0 amide bonds. The number of thioether (sulfide) groups is 1. The van der Waals surface area contributed by atoms with Crippen LogP contribution in [0.25, 0.3) is 22.4 Å². The van der Waals surface area contributed by atoms with Crippen LogP contribution in [0.4, 0.5) is 5.69 Å². The fourth-order valence-corrected chi connectivity index (χ4v) is 3.81. The zero-order valence-corrected chi connectivity index (χ0v) is 16.5. The molecule has 2 heterocycles. The van der Waals surface area contributed by atoms with Crippen LogP contribution < -0.4 is 11.2 Å². The molecule has 0 fully saturated rings.